The molecule has 7 heteroatoms. The Labute approximate surface area is 160 Å². The molecule has 4 rings (SSSR count). The monoisotopic (exact) mass is 377 g/mol. The molecule has 1 aromatic carbocycles. The summed E-state index contributed by atoms with van der Waals surface area (Å²) >= 11 is 1.49. The molecule has 0 N–H and O–H groups in total. The van der Waals surface area contributed by atoms with Gasteiger partial charge in [0.05, 0.1) is 16.6 Å². The summed E-state index contributed by atoms with van der Waals surface area (Å²) in [5, 5.41) is 1.28. The van der Waals surface area contributed by atoms with Gasteiger partial charge in [0.1, 0.15) is 0 Å². The molecule has 0 atom stereocenters. The fourth-order valence-corrected chi connectivity index (χ4v) is 3.97. The van der Waals surface area contributed by atoms with E-state index in [-0.39, 0.29) is 5.56 Å². The van der Waals surface area contributed by atoms with Crippen molar-refractivity contribution in [2.24, 2.45) is 0 Å². The third-order valence-electron chi connectivity index (χ3n) is 4.30. The zero-order valence-electron chi connectivity index (χ0n) is 15.2. The van der Waals surface area contributed by atoms with Crippen molar-refractivity contribution in [3.63, 3.8) is 0 Å². The van der Waals surface area contributed by atoms with Crippen LogP contribution < -0.4 is 5.56 Å². The van der Waals surface area contributed by atoms with Gasteiger partial charge in [0.15, 0.2) is 5.16 Å². The lowest BCUT2D eigenvalue weighted by Crippen LogP contribution is -2.22. The van der Waals surface area contributed by atoms with Gasteiger partial charge in [-0.25, -0.2) is 15.0 Å². The molecule has 6 nitrogen and oxygen atoms in total. The molecule has 0 bridgehead atoms. The number of aromatic nitrogens is 5. The predicted molar refractivity (Wildman–Crippen MR) is 108 cm³/mol. The maximum absolute atomic E-state index is 12.8. The number of benzene rings is 1. The van der Waals surface area contributed by atoms with Crippen LogP contribution in [0.25, 0.3) is 16.7 Å². The molecular weight excluding hydrogens is 358 g/mol. The van der Waals surface area contributed by atoms with Gasteiger partial charge in [-0.3, -0.25) is 13.8 Å². The van der Waals surface area contributed by atoms with Gasteiger partial charge in [-0.1, -0.05) is 30.0 Å². The van der Waals surface area contributed by atoms with E-state index in [1.807, 2.05) is 48.7 Å². The lowest BCUT2D eigenvalue weighted by atomic mass is 10.2. The standard InChI is InChI=1S/C20H19N5OS/c1-4-9-24-18(26)16-7-5-6-8-17(16)23-20(24)27-12-15-11-25-14(3)10-13(2)21-19(25)22-15/h4-8,10-11H,1,9,12H2,2-3H3. The number of nitrogens with zero attached hydrogens (tertiary/aromatic N) is 5. The highest BCUT2D eigenvalue weighted by molar-refractivity contribution is 7.98. The first-order chi connectivity index (χ1) is 13.1. The number of fused-ring (bicyclic) bond motifs is 2. The van der Waals surface area contributed by atoms with E-state index in [4.69, 9.17) is 0 Å². The number of aryl methyl sites for hydroxylation is 2. The number of para-hydroxylation sites is 1. The van der Waals surface area contributed by atoms with Crippen LogP contribution in [0.5, 0.6) is 0 Å². The lowest BCUT2D eigenvalue weighted by Gasteiger charge is -2.10. The molecule has 0 aliphatic carbocycles. The van der Waals surface area contributed by atoms with Crippen molar-refractivity contribution in [3.8, 4) is 0 Å². The van der Waals surface area contributed by atoms with Gasteiger partial charge in [0.2, 0.25) is 5.78 Å². The van der Waals surface area contributed by atoms with Crippen molar-refractivity contribution >= 4 is 28.4 Å². The lowest BCUT2D eigenvalue weighted by molar-refractivity contribution is 0.671. The summed E-state index contributed by atoms with van der Waals surface area (Å²) in [5.74, 6) is 1.29. The summed E-state index contributed by atoms with van der Waals surface area (Å²) < 4.78 is 3.64. The summed E-state index contributed by atoms with van der Waals surface area (Å²) in [6.45, 7) is 8.18. The quantitative estimate of drug-likeness (QED) is 0.302. The molecule has 0 radical (unpaired) electrons. The Kier molecular flexibility index (Phi) is 4.53. The van der Waals surface area contributed by atoms with Gasteiger partial charge in [-0.2, -0.15) is 0 Å². The fraction of sp³-hybridized carbons (Fsp3) is 0.200. The minimum absolute atomic E-state index is 0.0499. The molecule has 27 heavy (non-hydrogen) atoms. The van der Waals surface area contributed by atoms with E-state index >= 15 is 0 Å². The highest BCUT2D eigenvalue weighted by Crippen LogP contribution is 2.22. The molecule has 3 aromatic heterocycles. The average Bonchev–Trinajstić information content (AvgIpc) is 3.06. The third kappa shape index (κ3) is 3.26. The summed E-state index contributed by atoms with van der Waals surface area (Å²) in [6.07, 6.45) is 3.70. The van der Waals surface area contributed by atoms with E-state index in [0.29, 0.717) is 34.1 Å². The number of thioether (sulfide) groups is 1. The van der Waals surface area contributed by atoms with E-state index in [0.717, 1.165) is 17.1 Å². The smallest absolute Gasteiger partial charge is 0.262 e. The number of allylic oxidation sites excluding steroid dienone is 1. The second kappa shape index (κ2) is 7.00. The fourth-order valence-electron chi connectivity index (χ4n) is 3.07. The van der Waals surface area contributed by atoms with E-state index in [1.165, 1.54) is 11.8 Å². The molecule has 3 heterocycles. The number of hydrogen-bond donors (Lipinski definition) is 0. The SMILES string of the molecule is C=CCn1c(SCc2cn3c(C)cc(C)nc3n2)nc2ccccc2c1=O. The van der Waals surface area contributed by atoms with Gasteiger partial charge in [-0.15, -0.1) is 6.58 Å². The Hall–Kier alpha value is -2.93. The molecule has 136 valence electrons. The maximum atomic E-state index is 12.8. The average molecular weight is 377 g/mol. The minimum Gasteiger partial charge on any atom is -0.288 e. The van der Waals surface area contributed by atoms with Gasteiger partial charge in [0, 0.05) is 29.9 Å². The summed E-state index contributed by atoms with van der Waals surface area (Å²) in [6, 6.07) is 9.43. The Balaban J connectivity index is 1.71. The number of rotatable bonds is 5. The van der Waals surface area contributed by atoms with Crippen molar-refractivity contribution in [1.82, 2.24) is 23.9 Å². The van der Waals surface area contributed by atoms with E-state index in [1.54, 1.807) is 16.7 Å². The van der Waals surface area contributed by atoms with Crippen molar-refractivity contribution in [2.75, 3.05) is 0 Å². The second-order valence-corrected chi connectivity index (χ2v) is 7.29. The third-order valence-corrected chi connectivity index (χ3v) is 5.31. The van der Waals surface area contributed by atoms with Crippen LogP contribution in [0, 0.1) is 13.8 Å². The normalized spacial score (nSPS) is 11.3. The molecule has 0 saturated carbocycles. The van der Waals surface area contributed by atoms with Gasteiger partial charge >= 0.3 is 0 Å². The number of hydrogen-bond acceptors (Lipinski definition) is 5. The van der Waals surface area contributed by atoms with Gasteiger partial charge in [0.25, 0.3) is 5.56 Å². The molecule has 4 aromatic rings. The Morgan fingerprint density at radius 3 is 2.81 bits per heavy atom. The number of imidazole rings is 1. The first-order valence-electron chi connectivity index (χ1n) is 8.62. The topological polar surface area (TPSA) is 65.1 Å². The van der Waals surface area contributed by atoms with Crippen molar-refractivity contribution < 1.29 is 0 Å². The van der Waals surface area contributed by atoms with Crippen molar-refractivity contribution in [1.29, 1.82) is 0 Å². The van der Waals surface area contributed by atoms with Crippen LogP contribution in [0.2, 0.25) is 0 Å². The first kappa shape index (κ1) is 17.5. The van der Waals surface area contributed by atoms with Crippen LogP contribution in [0.15, 0.2) is 59.1 Å². The predicted octanol–water partition coefficient (Wildman–Crippen LogP) is 3.53. The van der Waals surface area contributed by atoms with Crippen LogP contribution in [0.4, 0.5) is 0 Å². The molecule has 0 amide bonds. The highest BCUT2D eigenvalue weighted by atomic mass is 32.2. The largest absolute Gasteiger partial charge is 0.288 e. The van der Waals surface area contributed by atoms with Crippen LogP contribution >= 0.6 is 11.8 Å². The van der Waals surface area contributed by atoms with Crippen LogP contribution in [0.1, 0.15) is 17.1 Å². The molecule has 0 aliphatic rings. The van der Waals surface area contributed by atoms with Crippen LogP contribution in [-0.4, -0.2) is 23.9 Å². The maximum Gasteiger partial charge on any atom is 0.262 e. The minimum atomic E-state index is -0.0499. The van der Waals surface area contributed by atoms with E-state index in [2.05, 4.69) is 21.5 Å². The molecule has 0 spiro atoms. The van der Waals surface area contributed by atoms with Crippen LogP contribution in [-0.2, 0) is 12.3 Å². The van der Waals surface area contributed by atoms with Crippen molar-refractivity contribution in [3.05, 3.63) is 76.6 Å². The summed E-state index contributed by atoms with van der Waals surface area (Å²) in [4.78, 5) is 26.6. The molecular formula is C20H19N5OS. The molecule has 0 saturated heterocycles. The zero-order valence-corrected chi connectivity index (χ0v) is 16.0. The van der Waals surface area contributed by atoms with Gasteiger partial charge in [-0.05, 0) is 32.0 Å². The Bertz CT molecular complexity index is 1220. The molecule has 0 unspecified atom stereocenters. The summed E-state index contributed by atoms with van der Waals surface area (Å²) in [7, 11) is 0. The van der Waals surface area contributed by atoms with Crippen molar-refractivity contribution in [2.45, 2.75) is 31.3 Å². The first-order valence-corrected chi connectivity index (χ1v) is 9.61. The van der Waals surface area contributed by atoms with Gasteiger partial charge < -0.3 is 0 Å². The van der Waals surface area contributed by atoms with Crippen LogP contribution in [0.3, 0.4) is 0 Å². The molecule has 0 aliphatic heterocycles. The highest BCUT2D eigenvalue weighted by Gasteiger charge is 2.12. The Morgan fingerprint density at radius 2 is 2.00 bits per heavy atom. The van der Waals surface area contributed by atoms with E-state index in [9.17, 15) is 4.79 Å². The molecule has 0 fully saturated rings. The zero-order chi connectivity index (χ0) is 19.0. The second-order valence-electron chi connectivity index (χ2n) is 6.35. The summed E-state index contributed by atoms with van der Waals surface area (Å²) in [5.41, 5.74) is 3.59. The van der Waals surface area contributed by atoms with E-state index < -0.39 is 0 Å². The Morgan fingerprint density at radius 1 is 1.19 bits per heavy atom.